The van der Waals surface area contributed by atoms with Crippen LogP contribution in [0.1, 0.15) is 23.2 Å². The molecule has 0 amide bonds. The number of aromatic nitrogens is 2. The van der Waals surface area contributed by atoms with E-state index in [2.05, 4.69) is 20.6 Å². The van der Waals surface area contributed by atoms with Crippen LogP contribution in [-0.4, -0.2) is 29.1 Å². The van der Waals surface area contributed by atoms with Crippen molar-refractivity contribution >= 4 is 23.4 Å². The molecule has 0 unspecified atom stereocenters. The van der Waals surface area contributed by atoms with Crippen molar-refractivity contribution < 1.29 is 9.53 Å². The number of carbonyl (C=O) groups is 1. The number of benzene rings is 2. The zero-order valence-electron chi connectivity index (χ0n) is 15.0. The second kappa shape index (κ2) is 7.45. The lowest BCUT2D eigenvalue weighted by Gasteiger charge is -2.13. The number of esters is 1. The first-order valence-corrected chi connectivity index (χ1v) is 8.88. The second-order valence-corrected chi connectivity index (χ2v) is 6.41. The monoisotopic (exact) mass is 360 g/mol. The summed E-state index contributed by atoms with van der Waals surface area (Å²) in [7, 11) is 1.36. The Morgan fingerprint density at radius 2 is 1.78 bits per heavy atom. The molecular weight excluding hydrogens is 340 g/mol. The van der Waals surface area contributed by atoms with Crippen molar-refractivity contribution in [2.24, 2.45) is 0 Å². The Kier molecular flexibility index (Phi) is 4.70. The van der Waals surface area contributed by atoms with Crippen LogP contribution >= 0.6 is 0 Å². The number of anilines is 3. The fraction of sp³-hybridized carbons (Fsp3) is 0.190. The average Bonchev–Trinajstić information content (AvgIpc) is 3.52. The van der Waals surface area contributed by atoms with Crippen LogP contribution in [0.4, 0.5) is 17.5 Å². The molecule has 6 nitrogen and oxygen atoms in total. The highest BCUT2D eigenvalue weighted by Gasteiger charge is 2.22. The SMILES string of the molecule is COC(=O)c1ccccc1Nc1nc(NC2CC2)cc(-c2ccccc2)n1. The first kappa shape index (κ1) is 17.0. The number of hydrogen-bond acceptors (Lipinski definition) is 6. The van der Waals surface area contributed by atoms with Gasteiger partial charge in [-0.3, -0.25) is 0 Å². The maximum Gasteiger partial charge on any atom is 0.339 e. The fourth-order valence-corrected chi connectivity index (χ4v) is 2.77. The Morgan fingerprint density at radius 1 is 1.04 bits per heavy atom. The summed E-state index contributed by atoms with van der Waals surface area (Å²) in [6, 6.07) is 19.5. The van der Waals surface area contributed by atoms with E-state index in [0.29, 0.717) is 23.2 Å². The molecule has 136 valence electrons. The summed E-state index contributed by atoms with van der Waals surface area (Å²) in [5.74, 6) is 0.786. The minimum absolute atomic E-state index is 0.409. The summed E-state index contributed by atoms with van der Waals surface area (Å²) in [4.78, 5) is 21.2. The van der Waals surface area contributed by atoms with Crippen LogP contribution in [0.3, 0.4) is 0 Å². The van der Waals surface area contributed by atoms with Gasteiger partial charge in [0.2, 0.25) is 5.95 Å². The maximum atomic E-state index is 12.0. The fourth-order valence-electron chi connectivity index (χ4n) is 2.77. The van der Waals surface area contributed by atoms with E-state index in [9.17, 15) is 4.79 Å². The Morgan fingerprint density at radius 3 is 2.52 bits per heavy atom. The van der Waals surface area contributed by atoms with Crippen LogP contribution in [0, 0.1) is 0 Å². The topological polar surface area (TPSA) is 76.1 Å². The molecule has 1 saturated carbocycles. The zero-order valence-corrected chi connectivity index (χ0v) is 15.0. The average molecular weight is 360 g/mol. The predicted octanol–water partition coefficient (Wildman–Crippen LogP) is 4.25. The van der Waals surface area contributed by atoms with Gasteiger partial charge in [0.1, 0.15) is 5.82 Å². The molecule has 0 spiro atoms. The van der Waals surface area contributed by atoms with Crippen molar-refractivity contribution in [3.63, 3.8) is 0 Å². The van der Waals surface area contributed by atoms with E-state index >= 15 is 0 Å². The molecule has 6 heteroatoms. The summed E-state index contributed by atoms with van der Waals surface area (Å²) in [6.07, 6.45) is 2.30. The molecule has 4 rings (SSSR count). The largest absolute Gasteiger partial charge is 0.465 e. The number of para-hydroxylation sites is 1. The molecular formula is C21H20N4O2. The Hall–Kier alpha value is -3.41. The lowest BCUT2D eigenvalue weighted by molar-refractivity contribution is 0.0602. The Balaban J connectivity index is 1.71. The molecule has 1 aliphatic carbocycles. The van der Waals surface area contributed by atoms with Crippen LogP contribution < -0.4 is 10.6 Å². The number of carbonyl (C=O) groups excluding carboxylic acids is 1. The molecule has 27 heavy (non-hydrogen) atoms. The quantitative estimate of drug-likeness (QED) is 0.640. The van der Waals surface area contributed by atoms with E-state index in [4.69, 9.17) is 4.74 Å². The molecule has 0 radical (unpaired) electrons. The van der Waals surface area contributed by atoms with E-state index in [1.54, 1.807) is 18.2 Å². The minimum atomic E-state index is -0.409. The summed E-state index contributed by atoms with van der Waals surface area (Å²) in [6.45, 7) is 0. The van der Waals surface area contributed by atoms with Crippen LogP contribution in [0.25, 0.3) is 11.3 Å². The molecule has 0 aliphatic heterocycles. The number of hydrogen-bond donors (Lipinski definition) is 2. The summed E-state index contributed by atoms with van der Waals surface area (Å²) >= 11 is 0. The van der Waals surface area contributed by atoms with Crippen LogP contribution in [0.15, 0.2) is 60.7 Å². The first-order valence-electron chi connectivity index (χ1n) is 8.88. The normalized spacial score (nSPS) is 13.1. The molecule has 1 aliphatic rings. The van der Waals surface area contributed by atoms with Gasteiger partial charge in [0, 0.05) is 17.7 Å². The summed E-state index contributed by atoms with van der Waals surface area (Å²) in [5, 5.41) is 6.59. The standard InChI is InChI=1S/C21H20N4O2/c1-27-20(26)16-9-5-6-10-17(16)23-21-24-18(14-7-3-2-4-8-14)13-19(25-21)22-15-11-12-15/h2-10,13,15H,11-12H2,1H3,(H2,22,23,24,25). The summed E-state index contributed by atoms with van der Waals surface area (Å²) < 4.78 is 4.86. The molecule has 1 fully saturated rings. The van der Waals surface area contributed by atoms with Gasteiger partial charge in [-0.15, -0.1) is 0 Å². The maximum absolute atomic E-state index is 12.0. The van der Waals surface area contributed by atoms with Crippen molar-refractivity contribution in [3.05, 3.63) is 66.2 Å². The van der Waals surface area contributed by atoms with Crippen molar-refractivity contribution in [1.82, 2.24) is 9.97 Å². The van der Waals surface area contributed by atoms with Gasteiger partial charge in [0.15, 0.2) is 0 Å². The molecule has 0 atom stereocenters. The van der Waals surface area contributed by atoms with E-state index in [1.807, 2.05) is 42.5 Å². The smallest absolute Gasteiger partial charge is 0.339 e. The third kappa shape index (κ3) is 4.06. The first-order chi connectivity index (χ1) is 13.2. The summed E-state index contributed by atoms with van der Waals surface area (Å²) in [5.41, 5.74) is 2.85. The van der Waals surface area contributed by atoms with E-state index in [-0.39, 0.29) is 0 Å². The number of rotatable bonds is 6. The third-order valence-corrected chi connectivity index (χ3v) is 4.30. The van der Waals surface area contributed by atoms with Crippen molar-refractivity contribution in [1.29, 1.82) is 0 Å². The third-order valence-electron chi connectivity index (χ3n) is 4.30. The predicted molar refractivity (Wildman–Crippen MR) is 105 cm³/mol. The van der Waals surface area contributed by atoms with Crippen LogP contribution in [0.5, 0.6) is 0 Å². The highest BCUT2D eigenvalue weighted by Crippen LogP contribution is 2.28. The van der Waals surface area contributed by atoms with Gasteiger partial charge in [-0.1, -0.05) is 42.5 Å². The minimum Gasteiger partial charge on any atom is -0.465 e. The van der Waals surface area contributed by atoms with Crippen molar-refractivity contribution in [2.45, 2.75) is 18.9 Å². The second-order valence-electron chi connectivity index (χ2n) is 6.41. The highest BCUT2D eigenvalue weighted by atomic mass is 16.5. The number of ether oxygens (including phenoxy) is 1. The van der Waals surface area contributed by atoms with Crippen molar-refractivity contribution in [3.8, 4) is 11.3 Å². The molecule has 3 aromatic rings. The van der Waals surface area contributed by atoms with E-state index < -0.39 is 5.97 Å². The van der Waals surface area contributed by atoms with Crippen LogP contribution in [-0.2, 0) is 4.74 Å². The van der Waals surface area contributed by atoms with Gasteiger partial charge < -0.3 is 15.4 Å². The molecule has 1 heterocycles. The molecule has 0 saturated heterocycles. The zero-order chi connectivity index (χ0) is 18.6. The van der Waals surface area contributed by atoms with Gasteiger partial charge in [-0.2, -0.15) is 4.98 Å². The number of nitrogens with one attached hydrogen (secondary N) is 2. The molecule has 2 N–H and O–H groups in total. The van der Waals surface area contributed by atoms with Gasteiger partial charge in [-0.05, 0) is 25.0 Å². The lowest BCUT2D eigenvalue weighted by Crippen LogP contribution is -2.09. The Labute approximate surface area is 157 Å². The van der Waals surface area contributed by atoms with Crippen LogP contribution in [0.2, 0.25) is 0 Å². The number of nitrogens with zero attached hydrogens (tertiary/aromatic N) is 2. The number of methoxy groups -OCH3 is 1. The van der Waals surface area contributed by atoms with Gasteiger partial charge in [-0.25, -0.2) is 9.78 Å². The van der Waals surface area contributed by atoms with E-state index in [0.717, 1.165) is 29.9 Å². The van der Waals surface area contributed by atoms with Gasteiger partial charge in [0.05, 0.1) is 24.1 Å². The highest BCUT2D eigenvalue weighted by molar-refractivity contribution is 5.96. The molecule has 0 bridgehead atoms. The molecule has 1 aromatic heterocycles. The van der Waals surface area contributed by atoms with E-state index in [1.165, 1.54) is 7.11 Å². The van der Waals surface area contributed by atoms with Gasteiger partial charge >= 0.3 is 5.97 Å². The van der Waals surface area contributed by atoms with Crippen molar-refractivity contribution in [2.75, 3.05) is 17.7 Å². The molecule has 2 aromatic carbocycles. The Bertz CT molecular complexity index is 955. The van der Waals surface area contributed by atoms with Gasteiger partial charge in [0.25, 0.3) is 0 Å². The lowest BCUT2D eigenvalue weighted by atomic mass is 10.1.